The van der Waals surface area contributed by atoms with Crippen LogP contribution in [0.2, 0.25) is 0 Å². The monoisotopic (exact) mass is 266 g/mol. The fourth-order valence-corrected chi connectivity index (χ4v) is 1.65. The molecule has 0 saturated heterocycles. The molecule has 1 aromatic carbocycles. The number of hydrogen-bond acceptors (Lipinski definition) is 4. The second kappa shape index (κ2) is 5.87. The summed E-state index contributed by atoms with van der Waals surface area (Å²) in [7, 11) is 0. The minimum absolute atomic E-state index is 0.216. The van der Waals surface area contributed by atoms with Crippen LogP contribution in [-0.2, 0) is 5.88 Å². The summed E-state index contributed by atoms with van der Waals surface area (Å²) in [6, 6.07) is 7.85. The number of hydrogen-bond donors (Lipinski definition) is 0. The van der Waals surface area contributed by atoms with Crippen LogP contribution >= 0.6 is 11.6 Å². The zero-order valence-corrected chi connectivity index (χ0v) is 11.1. The summed E-state index contributed by atoms with van der Waals surface area (Å²) in [6.07, 6.45) is 0.509. The fourth-order valence-electron chi connectivity index (χ4n) is 1.54. The first-order valence-electron chi connectivity index (χ1n) is 5.84. The van der Waals surface area contributed by atoms with Crippen molar-refractivity contribution in [1.82, 2.24) is 10.2 Å². The van der Waals surface area contributed by atoms with Gasteiger partial charge in [-0.3, -0.25) is 0 Å². The summed E-state index contributed by atoms with van der Waals surface area (Å²) in [5.41, 5.74) is 1.19. The molecule has 1 heterocycles. The Kier molecular flexibility index (Phi) is 4.20. The lowest BCUT2D eigenvalue weighted by Gasteiger charge is -2.13. The maximum absolute atomic E-state index is 5.82. The van der Waals surface area contributed by atoms with Gasteiger partial charge in [0.05, 0.1) is 0 Å². The predicted molar refractivity (Wildman–Crippen MR) is 68.7 cm³/mol. The molecule has 0 aliphatic rings. The van der Waals surface area contributed by atoms with Gasteiger partial charge in [-0.1, -0.05) is 24.6 Å². The molecule has 0 bridgehead atoms. The normalized spacial score (nSPS) is 12.4. The molecule has 1 aromatic heterocycles. The molecule has 1 atom stereocenters. The molecular weight excluding hydrogens is 252 g/mol. The van der Waals surface area contributed by atoms with Gasteiger partial charge in [-0.05, 0) is 25.5 Å². The number of aromatic nitrogens is 2. The highest BCUT2D eigenvalue weighted by molar-refractivity contribution is 6.16. The molecule has 5 heteroatoms. The predicted octanol–water partition coefficient (Wildman–Crippen LogP) is 3.65. The molecular formula is C13H15ClN2O2. The number of alkyl halides is 1. The lowest BCUT2D eigenvalue weighted by atomic mass is 10.2. The summed E-state index contributed by atoms with van der Waals surface area (Å²) in [5.74, 6) is 1.89. The van der Waals surface area contributed by atoms with Crippen molar-refractivity contribution in [2.75, 3.05) is 0 Å². The van der Waals surface area contributed by atoms with E-state index in [9.17, 15) is 0 Å². The van der Waals surface area contributed by atoms with Crippen LogP contribution in [0.25, 0.3) is 0 Å². The van der Waals surface area contributed by atoms with Gasteiger partial charge in [0.2, 0.25) is 5.89 Å². The maximum atomic E-state index is 5.82. The van der Waals surface area contributed by atoms with Crippen LogP contribution in [0.3, 0.4) is 0 Å². The van der Waals surface area contributed by atoms with Crippen molar-refractivity contribution in [3.8, 4) is 5.75 Å². The molecule has 1 unspecified atom stereocenters. The van der Waals surface area contributed by atoms with Gasteiger partial charge in [0.15, 0.2) is 6.10 Å². The molecule has 0 aliphatic heterocycles. The standard InChI is InChI=1S/C13H15ClN2O2/c1-3-11(13-16-15-12(8-14)18-13)17-10-6-4-9(2)5-7-10/h4-7,11H,3,8H2,1-2H3. The van der Waals surface area contributed by atoms with Crippen molar-refractivity contribution in [1.29, 1.82) is 0 Å². The van der Waals surface area contributed by atoms with Gasteiger partial charge < -0.3 is 9.15 Å². The Morgan fingerprint density at radius 2 is 2.00 bits per heavy atom. The van der Waals surface area contributed by atoms with Gasteiger partial charge >= 0.3 is 0 Å². The highest BCUT2D eigenvalue weighted by atomic mass is 35.5. The van der Waals surface area contributed by atoms with E-state index in [1.54, 1.807) is 0 Å². The van der Waals surface area contributed by atoms with Gasteiger partial charge in [0.1, 0.15) is 11.6 Å². The SMILES string of the molecule is CCC(Oc1ccc(C)cc1)c1nnc(CCl)o1. The number of ether oxygens (including phenoxy) is 1. The molecule has 0 radical (unpaired) electrons. The van der Waals surface area contributed by atoms with Crippen molar-refractivity contribution in [3.05, 3.63) is 41.6 Å². The summed E-state index contributed by atoms with van der Waals surface area (Å²) in [6.45, 7) is 4.04. The van der Waals surface area contributed by atoms with Crippen LogP contribution < -0.4 is 4.74 Å². The zero-order valence-electron chi connectivity index (χ0n) is 10.4. The number of aryl methyl sites for hydroxylation is 1. The van der Waals surface area contributed by atoms with Crippen molar-refractivity contribution in [2.24, 2.45) is 0 Å². The molecule has 0 fully saturated rings. The summed E-state index contributed by atoms with van der Waals surface area (Å²) < 4.78 is 11.2. The molecule has 2 aromatic rings. The van der Waals surface area contributed by atoms with Crippen molar-refractivity contribution in [2.45, 2.75) is 32.3 Å². The van der Waals surface area contributed by atoms with Crippen LogP contribution in [-0.4, -0.2) is 10.2 Å². The topological polar surface area (TPSA) is 48.2 Å². The lowest BCUT2D eigenvalue weighted by molar-refractivity contribution is 0.164. The molecule has 0 saturated carbocycles. The first-order chi connectivity index (χ1) is 8.72. The Bertz CT molecular complexity index is 496. The van der Waals surface area contributed by atoms with E-state index in [1.165, 1.54) is 5.56 Å². The Labute approximate surface area is 111 Å². The van der Waals surface area contributed by atoms with Crippen LogP contribution in [0.1, 0.15) is 36.8 Å². The van der Waals surface area contributed by atoms with Gasteiger partial charge in [-0.15, -0.1) is 21.8 Å². The fraction of sp³-hybridized carbons (Fsp3) is 0.385. The minimum atomic E-state index is -0.239. The van der Waals surface area contributed by atoms with E-state index in [-0.39, 0.29) is 12.0 Å². The first kappa shape index (κ1) is 12.9. The van der Waals surface area contributed by atoms with Crippen LogP contribution in [0.4, 0.5) is 0 Å². The molecule has 0 spiro atoms. The van der Waals surface area contributed by atoms with E-state index in [2.05, 4.69) is 10.2 Å². The van der Waals surface area contributed by atoms with E-state index < -0.39 is 0 Å². The van der Waals surface area contributed by atoms with Gasteiger partial charge in [-0.2, -0.15) is 0 Å². The van der Waals surface area contributed by atoms with Crippen LogP contribution in [0.15, 0.2) is 28.7 Å². The average molecular weight is 267 g/mol. The molecule has 4 nitrogen and oxygen atoms in total. The summed E-state index contributed by atoms with van der Waals surface area (Å²) >= 11 is 5.63. The van der Waals surface area contributed by atoms with E-state index in [0.717, 1.165) is 12.2 Å². The number of nitrogens with zero attached hydrogens (tertiary/aromatic N) is 2. The smallest absolute Gasteiger partial charge is 0.257 e. The Morgan fingerprint density at radius 3 is 2.56 bits per heavy atom. The van der Waals surface area contributed by atoms with Crippen molar-refractivity contribution >= 4 is 11.6 Å². The Morgan fingerprint density at radius 1 is 1.28 bits per heavy atom. The highest BCUT2D eigenvalue weighted by Crippen LogP contribution is 2.24. The van der Waals surface area contributed by atoms with Crippen molar-refractivity contribution < 1.29 is 9.15 Å². The van der Waals surface area contributed by atoms with Crippen LogP contribution in [0.5, 0.6) is 5.75 Å². The summed E-state index contributed by atoms with van der Waals surface area (Å²) in [4.78, 5) is 0. The number of rotatable bonds is 5. The molecule has 0 N–H and O–H groups in total. The Hall–Kier alpha value is -1.55. The van der Waals surface area contributed by atoms with E-state index >= 15 is 0 Å². The minimum Gasteiger partial charge on any atom is -0.481 e. The van der Waals surface area contributed by atoms with E-state index in [1.807, 2.05) is 38.1 Å². The quantitative estimate of drug-likeness (QED) is 0.775. The molecule has 0 aliphatic carbocycles. The second-order valence-corrected chi connectivity index (χ2v) is 4.26. The molecule has 2 rings (SSSR count). The second-order valence-electron chi connectivity index (χ2n) is 4.00. The molecule has 18 heavy (non-hydrogen) atoms. The number of halogens is 1. The van der Waals surface area contributed by atoms with Gasteiger partial charge in [0, 0.05) is 0 Å². The molecule has 96 valence electrons. The first-order valence-corrected chi connectivity index (χ1v) is 6.38. The Balaban J connectivity index is 2.11. The third-order valence-electron chi connectivity index (χ3n) is 2.54. The third kappa shape index (κ3) is 3.01. The van der Waals surface area contributed by atoms with Gasteiger partial charge in [-0.25, -0.2) is 0 Å². The summed E-state index contributed by atoms with van der Waals surface area (Å²) in [5, 5.41) is 7.78. The van der Waals surface area contributed by atoms with E-state index in [4.69, 9.17) is 20.8 Å². The maximum Gasteiger partial charge on any atom is 0.257 e. The largest absolute Gasteiger partial charge is 0.481 e. The zero-order chi connectivity index (χ0) is 13.0. The highest BCUT2D eigenvalue weighted by Gasteiger charge is 2.18. The van der Waals surface area contributed by atoms with Crippen LogP contribution in [0, 0.1) is 6.92 Å². The molecule has 0 amide bonds. The lowest BCUT2D eigenvalue weighted by Crippen LogP contribution is -2.06. The van der Waals surface area contributed by atoms with Gasteiger partial charge in [0.25, 0.3) is 5.89 Å². The number of benzene rings is 1. The van der Waals surface area contributed by atoms with E-state index in [0.29, 0.717) is 11.8 Å². The average Bonchev–Trinajstić information content (AvgIpc) is 2.87. The third-order valence-corrected chi connectivity index (χ3v) is 2.77. The van der Waals surface area contributed by atoms with Crippen molar-refractivity contribution in [3.63, 3.8) is 0 Å².